The molecule has 3 aliphatic rings. The predicted octanol–water partition coefficient (Wildman–Crippen LogP) is 0.221. The molecule has 8 heteroatoms. The lowest BCUT2D eigenvalue weighted by Gasteiger charge is -2.33. The van der Waals surface area contributed by atoms with Gasteiger partial charge in [0, 0.05) is 19.2 Å². The SMILES string of the molecule is CCOC(=O)[C@@H]1[C@@H]2CCC3(O2)C(C(=O)NC(C)C)N(CCCCO)C(=O)[C@H]13. The number of carbonyl (C=O) groups is 3. The number of rotatable bonds is 8. The number of nitrogens with zero attached hydrogens (tertiary/aromatic N) is 1. The minimum atomic E-state index is -0.961. The number of fused-ring (bicyclic) bond motifs is 1. The summed E-state index contributed by atoms with van der Waals surface area (Å²) in [6.07, 6.45) is 1.99. The zero-order valence-electron chi connectivity index (χ0n) is 16.3. The maximum Gasteiger partial charge on any atom is 0.312 e. The molecule has 152 valence electrons. The van der Waals surface area contributed by atoms with Crippen molar-refractivity contribution in [2.45, 2.75) is 70.2 Å². The largest absolute Gasteiger partial charge is 0.466 e. The van der Waals surface area contributed by atoms with Crippen molar-refractivity contribution in [2.24, 2.45) is 11.8 Å². The fourth-order valence-electron chi connectivity index (χ4n) is 4.96. The van der Waals surface area contributed by atoms with Crippen molar-refractivity contribution in [1.82, 2.24) is 10.2 Å². The van der Waals surface area contributed by atoms with Crippen molar-refractivity contribution in [2.75, 3.05) is 19.8 Å². The van der Waals surface area contributed by atoms with Crippen molar-refractivity contribution in [3.63, 3.8) is 0 Å². The van der Waals surface area contributed by atoms with Gasteiger partial charge in [-0.15, -0.1) is 0 Å². The molecular formula is C19H30N2O6. The number of hydrogen-bond donors (Lipinski definition) is 2. The molecule has 0 aromatic carbocycles. The van der Waals surface area contributed by atoms with Crippen LogP contribution < -0.4 is 5.32 Å². The topological polar surface area (TPSA) is 105 Å². The molecule has 5 atom stereocenters. The van der Waals surface area contributed by atoms with Gasteiger partial charge in [-0.1, -0.05) is 0 Å². The molecule has 27 heavy (non-hydrogen) atoms. The fourth-order valence-corrected chi connectivity index (χ4v) is 4.96. The van der Waals surface area contributed by atoms with Gasteiger partial charge in [0.05, 0.1) is 24.5 Å². The Kier molecular flexibility index (Phi) is 5.76. The second kappa shape index (κ2) is 7.75. The van der Waals surface area contributed by atoms with Crippen molar-refractivity contribution in [3.8, 4) is 0 Å². The van der Waals surface area contributed by atoms with Crippen LogP contribution in [0.2, 0.25) is 0 Å². The molecule has 3 heterocycles. The van der Waals surface area contributed by atoms with E-state index < -0.39 is 29.4 Å². The highest BCUT2D eigenvalue weighted by Gasteiger charge is 2.74. The number of aliphatic hydroxyl groups excluding tert-OH is 1. The number of ether oxygens (including phenoxy) is 2. The summed E-state index contributed by atoms with van der Waals surface area (Å²) in [5.41, 5.74) is -0.961. The van der Waals surface area contributed by atoms with Crippen molar-refractivity contribution in [1.29, 1.82) is 0 Å². The van der Waals surface area contributed by atoms with E-state index in [1.165, 1.54) is 0 Å². The van der Waals surface area contributed by atoms with Crippen LogP contribution in [-0.2, 0) is 23.9 Å². The lowest BCUT2D eigenvalue weighted by Crippen LogP contribution is -2.56. The van der Waals surface area contributed by atoms with Gasteiger partial charge >= 0.3 is 5.97 Å². The Bertz CT molecular complexity index is 609. The average Bonchev–Trinajstić information content (AvgIpc) is 3.22. The summed E-state index contributed by atoms with van der Waals surface area (Å²) in [4.78, 5) is 40.4. The van der Waals surface area contributed by atoms with Gasteiger partial charge in [-0.2, -0.15) is 0 Å². The summed E-state index contributed by atoms with van der Waals surface area (Å²) < 4.78 is 11.4. The predicted molar refractivity (Wildman–Crippen MR) is 95.6 cm³/mol. The molecule has 3 fully saturated rings. The number of aliphatic hydroxyl groups is 1. The zero-order valence-corrected chi connectivity index (χ0v) is 16.3. The number of likely N-dealkylation sites (tertiary alicyclic amines) is 1. The number of hydrogen-bond acceptors (Lipinski definition) is 6. The van der Waals surface area contributed by atoms with Gasteiger partial charge in [-0.3, -0.25) is 14.4 Å². The molecule has 1 spiro atoms. The molecule has 0 radical (unpaired) electrons. The van der Waals surface area contributed by atoms with Gasteiger partial charge in [-0.05, 0) is 46.5 Å². The standard InChI is InChI=1S/C19H30N2O6/c1-4-26-18(25)13-12-7-8-19(27-12)14(13)17(24)21(9-5-6-10-22)15(19)16(23)20-11(2)3/h11-15,22H,4-10H2,1-3H3,(H,20,23)/t12-,13+,14-,15?,19?/m0/s1. The first-order valence-electron chi connectivity index (χ1n) is 9.93. The van der Waals surface area contributed by atoms with Gasteiger partial charge in [-0.25, -0.2) is 0 Å². The number of carbonyl (C=O) groups excluding carboxylic acids is 3. The lowest BCUT2D eigenvalue weighted by atomic mass is 9.70. The van der Waals surface area contributed by atoms with Crippen LogP contribution in [0.25, 0.3) is 0 Å². The first-order valence-corrected chi connectivity index (χ1v) is 9.93. The zero-order chi connectivity index (χ0) is 19.8. The number of nitrogens with one attached hydrogen (secondary N) is 1. The Hall–Kier alpha value is -1.67. The number of unbranched alkanes of at least 4 members (excludes halogenated alkanes) is 1. The first kappa shape index (κ1) is 20.1. The van der Waals surface area contributed by atoms with E-state index in [0.29, 0.717) is 32.2 Å². The molecule has 3 rings (SSSR count). The van der Waals surface area contributed by atoms with E-state index in [9.17, 15) is 14.4 Å². The lowest BCUT2D eigenvalue weighted by molar-refractivity contribution is -0.154. The third-order valence-electron chi connectivity index (χ3n) is 5.85. The quantitative estimate of drug-likeness (QED) is 0.460. The first-order chi connectivity index (χ1) is 12.9. The third kappa shape index (κ3) is 3.23. The maximum absolute atomic E-state index is 13.3. The normalized spacial score (nSPS) is 34.3. The van der Waals surface area contributed by atoms with Crippen LogP contribution in [0.1, 0.15) is 46.5 Å². The van der Waals surface area contributed by atoms with Crippen LogP contribution in [0.5, 0.6) is 0 Å². The third-order valence-corrected chi connectivity index (χ3v) is 5.85. The monoisotopic (exact) mass is 382 g/mol. The Morgan fingerprint density at radius 3 is 2.78 bits per heavy atom. The second-order valence-corrected chi connectivity index (χ2v) is 7.93. The molecule has 2 unspecified atom stereocenters. The Morgan fingerprint density at radius 1 is 1.41 bits per heavy atom. The molecule has 0 aromatic rings. The van der Waals surface area contributed by atoms with Gasteiger partial charge < -0.3 is 24.8 Å². The van der Waals surface area contributed by atoms with Crippen LogP contribution in [0.4, 0.5) is 0 Å². The molecule has 2 bridgehead atoms. The highest BCUT2D eigenvalue weighted by molar-refractivity contribution is 5.98. The summed E-state index contributed by atoms with van der Waals surface area (Å²) >= 11 is 0. The summed E-state index contributed by atoms with van der Waals surface area (Å²) in [6, 6.07) is -0.817. The van der Waals surface area contributed by atoms with E-state index >= 15 is 0 Å². The Labute approximate surface area is 159 Å². The fraction of sp³-hybridized carbons (Fsp3) is 0.842. The summed E-state index contributed by atoms with van der Waals surface area (Å²) in [5.74, 6) is -2.19. The van der Waals surface area contributed by atoms with Crippen LogP contribution >= 0.6 is 0 Å². The molecule has 2 amide bonds. The van der Waals surface area contributed by atoms with Crippen LogP contribution in [-0.4, -0.2) is 71.3 Å². The smallest absolute Gasteiger partial charge is 0.312 e. The van der Waals surface area contributed by atoms with E-state index in [2.05, 4.69) is 5.32 Å². The summed E-state index contributed by atoms with van der Waals surface area (Å²) in [7, 11) is 0. The van der Waals surface area contributed by atoms with Crippen molar-refractivity contribution >= 4 is 17.8 Å². The molecule has 0 aliphatic carbocycles. The summed E-state index contributed by atoms with van der Waals surface area (Å²) in [6.45, 7) is 6.11. The minimum Gasteiger partial charge on any atom is -0.466 e. The highest BCUT2D eigenvalue weighted by Crippen LogP contribution is 2.58. The Balaban J connectivity index is 1.93. The van der Waals surface area contributed by atoms with Crippen LogP contribution in [0.15, 0.2) is 0 Å². The molecule has 8 nitrogen and oxygen atoms in total. The van der Waals surface area contributed by atoms with Crippen LogP contribution in [0, 0.1) is 11.8 Å². The van der Waals surface area contributed by atoms with E-state index in [1.807, 2.05) is 13.8 Å². The van der Waals surface area contributed by atoms with Crippen LogP contribution in [0.3, 0.4) is 0 Å². The molecule has 3 saturated heterocycles. The average molecular weight is 382 g/mol. The molecule has 2 N–H and O–H groups in total. The highest BCUT2D eigenvalue weighted by atomic mass is 16.6. The summed E-state index contributed by atoms with van der Waals surface area (Å²) in [5, 5.41) is 12.0. The van der Waals surface area contributed by atoms with Gasteiger partial charge in [0.25, 0.3) is 0 Å². The maximum atomic E-state index is 13.3. The molecule has 3 aliphatic heterocycles. The Morgan fingerprint density at radius 2 is 2.15 bits per heavy atom. The van der Waals surface area contributed by atoms with E-state index in [0.717, 1.165) is 0 Å². The van der Waals surface area contributed by atoms with Gasteiger partial charge in [0.1, 0.15) is 11.6 Å². The minimum absolute atomic E-state index is 0.0312. The second-order valence-electron chi connectivity index (χ2n) is 7.93. The van der Waals surface area contributed by atoms with Crippen molar-refractivity contribution < 1.29 is 29.0 Å². The number of esters is 1. The molecule has 0 aromatic heterocycles. The van der Waals surface area contributed by atoms with E-state index in [1.54, 1.807) is 11.8 Å². The van der Waals surface area contributed by atoms with Crippen molar-refractivity contribution in [3.05, 3.63) is 0 Å². The van der Waals surface area contributed by atoms with Gasteiger partial charge in [0.2, 0.25) is 11.8 Å². The van der Waals surface area contributed by atoms with E-state index in [4.69, 9.17) is 14.6 Å². The molecular weight excluding hydrogens is 352 g/mol. The molecule has 0 saturated carbocycles. The number of amides is 2. The van der Waals surface area contributed by atoms with Gasteiger partial charge in [0.15, 0.2) is 0 Å². The van der Waals surface area contributed by atoms with E-state index in [-0.39, 0.29) is 37.2 Å².